The van der Waals surface area contributed by atoms with Crippen LogP contribution in [0.3, 0.4) is 0 Å². The molecule has 0 fully saturated rings. The maximum absolute atomic E-state index is 2.36. The highest BCUT2D eigenvalue weighted by atomic mass is 15.1. The summed E-state index contributed by atoms with van der Waals surface area (Å²) in [6, 6.07) is 79.4. The van der Waals surface area contributed by atoms with Crippen molar-refractivity contribution in [1.29, 1.82) is 0 Å². The van der Waals surface area contributed by atoms with E-state index in [1.54, 1.807) is 0 Å². The molecule has 0 aliphatic carbocycles. The van der Waals surface area contributed by atoms with E-state index in [-0.39, 0.29) is 0 Å². The van der Waals surface area contributed by atoms with Crippen molar-refractivity contribution in [2.45, 2.75) is 41.5 Å². The second-order valence-electron chi connectivity index (χ2n) is 17.5. The molecule has 9 aromatic rings. The lowest BCUT2D eigenvalue weighted by atomic mass is 9.91. The molecule has 9 rings (SSSR count). The fourth-order valence-electron chi connectivity index (χ4n) is 8.86. The molecule has 2 heteroatoms. The lowest BCUT2D eigenvalue weighted by Gasteiger charge is -2.27. The van der Waals surface area contributed by atoms with Crippen LogP contribution in [0.4, 0.5) is 34.1 Å². The third-order valence-electron chi connectivity index (χ3n) is 12.4. The van der Waals surface area contributed by atoms with E-state index in [0.29, 0.717) is 0 Å². The third kappa shape index (κ3) is 9.75. The molecular formula is C64H56N2. The monoisotopic (exact) mass is 852 g/mol. The Bertz CT molecular complexity index is 2910. The molecule has 0 aromatic heterocycles. The maximum Gasteiger partial charge on any atom is 0.0490 e. The van der Waals surface area contributed by atoms with E-state index < -0.39 is 0 Å². The molecule has 0 bridgehead atoms. The zero-order valence-electron chi connectivity index (χ0n) is 38.8. The van der Waals surface area contributed by atoms with Crippen molar-refractivity contribution in [3.8, 4) is 0 Å². The summed E-state index contributed by atoms with van der Waals surface area (Å²) in [5, 5.41) is 0. The van der Waals surface area contributed by atoms with E-state index in [9.17, 15) is 0 Å². The molecular weight excluding hydrogens is 797 g/mol. The predicted molar refractivity (Wildman–Crippen MR) is 284 cm³/mol. The predicted octanol–water partition coefficient (Wildman–Crippen LogP) is 17.7. The van der Waals surface area contributed by atoms with E-state index in [1.165, 1.54) is 67.0 Å². The highest BCUT2D eigenvalue weighted by Gasteiger charge is 2.17. The van der Waals surface area contributed by atoms with Gasteiger partial charge in [-0.2, -0.15) is 0 Å². The zero-order valence-corrected chi connectivity index (χ0v) is 38.8. The van der Waals surface area contributed by atoms with Gasteiger partial charge in [0.15, 0.2) is 0 Å². The molecule has 0 aliphatic rings. The molecule has 0 spiro atoms. The number of benzene rings is 9. The van der Waals surface area contributed by atoms with Gasteiger partial charge in [-0.25, -0.2) is 0 Å². The summed E-state index contributed by atoms with van der Waals surface area (Å²) < 4.78 is 0. The number of hydrogen-bond acceptors (Lipinski definition) is 2. The van der Waals surface area contributed by atoms with Crippen molar-refractivity contribution in [2.75, 3.05) is 9.80 Å². The molecule has 2 nitrogen and oxygen atoms in total. The lowest BCUT2D eigenvalue weighted by molar-refractivity contribution is 1.23. The number of rotatable bonds is 12. The van der Waals surface area contributed by atoms with E-state index >= 15 is 0 Å². The number of nitrogens with zero attached hydrogens (tertiary/aromatic N) is 2. The van der Waals surface area contributed by atoms with Crippen LogP contribution in [-0.2, 0) is 0 Å². The van der Waals surface area contributed by atoms with Gasteiger partial charge in [-0.05, 0) is 170 Å². The maximum atomic E-state index is 2.36. The number of hydrogen-bond donors (Lipinski definition) is 0. The first kappa shape index (κ1) is 43.3. The Morgan fingerprint density at radius 1 is 0.288 bits per heavy atom. The molecule has 0 heterocycles. The molecule has 0 aliphatic heterocycles. The fourth-order valence-corrected chi connectivity index (χ4v) is 8.86. The van der Waals surface area contributed by atoms with Gasteiger partial charge in [0.2, 0.25) is 0 Å². The van der Waals surface area contributed by atoms with Crippen molar-refractivity contribution in [2.24, 2.45) is 0 Å². The topological polar surface area (TPSA) is 6.48 Å². The van der Waals surface area contributed by atoms with Gasteiger partial charge in [-0.3, -0.25) is 0 Å². The summed E-state index contributed by atoms with van der Waals surface area (Å²) in [4.78, 5) is 4.72. The highest BCUT2D eigenvalue weighted by molar-refractivity contribution is 5.95. The van der Waals surface area contributed by atoms with Crippen molar-refractivity contribution >= 4 is 57.4 Å². The SMILES string of the molecule is Cc1ccc(N(c2ccc(C=C(c3ccccc3)c3ccc(C(=Cc4ccc(N(c5ccc(C)cc5)c5ccc(C)cc5C)cc4)c4ccccc4)cc3)cc2)c2ccc(C)cc2C)cc1. The second-order valence-corrected chi connectivity index (χ2v) is 17.5. The zero-order chi connectivity index (χ0) is 45.6. The molecule has 322 valence electrons. The van der Waals surface area contributed by atoms with Crippen LogP contribution in [0.2, 0.25) is 0 Å². The molecule has 0 saturated carbocycles. The number of aryl methyl sites for hydroxylation is 6. The Kier molecular flexibility index (Phi) is 12.8. The van der Waals surface area contributed by atoms with Crippen LogP contribution in [0.15, 0.2) is 218 Å². The smallest absolute Gasteiger partial charge is 0.0490 e. The van der Waals surface area contributed by atoms with Crippen LogP contribution >= 0.6 is 0 Å². The van der Waals surface area contributed by atoms with Gasteiger partial charge in [0.25, 0.3) is 0 Å². The van der Waals surface area contributed by atoms with Crippen LogP contribution in [0.25, 0.3) is 23.3 Å². The van der Waals surface area contributed by atoms with Gasteiger partial charge >= 0.3 is 0 Å². The molecule has 0 radical (unpaired) electrons. The molecule has 0 atom stereocenters. The molecule has 66 heavy (non-hydrogen) atoms. The second kappa shape index (κ2) is 19.4. The van der Waals surface area contributed by atoms with Gasteiger partial charge in [0, 0.05) is 34.1 Å². The van der Waals surface area contributed by atoms with Crippen molar-refractivity contribution in [3.05, 3.63) is 285 Å². The summed E-state index contributed by atoms with van der Waals surface area (Å²) in [6.07, 6.45) is 4.63. The first-order valence-corrected chi connectivity index (χ1v) is 22.9. The van der Waals surface area contributed by atoms with Crippen LogP contribution in [0.5, 0.6) is 0 Å². The summed E-state index contributed by atoms with van der Waals surface area (Å²) in [5.41, 5.74) is 23.6. The van der Waals surface area contributed by atoms with Gasteiger partial charge in [-0.1, -0.05) is 180 Å². The highest BCUT2D eigenvalue weighted by Crippen LogP contribution is 2.40. The first-order chi connectivity index (χ1) is 32.2. The minimum absolute atomic E-state index is 1.12. The van der Waals surface area contributed by atoms with Crippen LogP contribution in [0.1, 0.15) is 66.8 Å². The minimum Gasteiger partial charge on any atom is -0.310 e. The Morgan fingerprint density at radius 3 is 0.894 bits per heavy atom. The van der Waals surface area contributed by atoms with E-state index in [1.807, 2.05) is 0 Å². The average Bonchev–Trinajstić information content (AvgIpc) is 3.34. The summed E-state index contributed by atoms with van der Waals surface area (Å²) in [6.45, 7) is 13.0. The summed E-state index contributed by atoms with van der Waals surface area (Å²) in [7, 11) is 0. The number of anilines is 6. The normalized spacial score (nSPS) is 11.7. The van der Waals surface area contributed by atoms with Crippen LogP contribution < -0.4 is 9.80 Å². The quantitative estimate of drug-likeness (QED) is 0.113. The summed E-state index contributed by atoms with van der Waals surface area (Å²) in [5.74, 6) is 0. The molecule has 9 aromatic carbocycles. The Morgan fingerprint density at radius 2 is 0.576 bits per heavy atom. The van der Waals surface area contributed by atoms with Crippen molar-refractivity contribution < 1.29 is 0 Å². The fraction of sp³-hybridized carbons (Fsp3) is 0.0938. The Hall–Kier alpha value is -7.94. The van der Waals surface area contributed by atoms with E-state index in [2.05, 4.69) is 282 Å². The largest absolute Gasteiger partial charge is 0.310 e. The van der Waals surface area contributed by atoms with Crippen molar-refractivity contribution in [3.63, 3.8) is 0 Å². The van der Waals surface area contributed by atoms with Crippen LogP contribution in [-0.4, -0.2) is 0 Å². The van der Waals surface area contributed by atoms with Gasteiger partial charge in [0.05, 0.1) is 0 Å². The van der Waals surface area contributed by atoms with E-state index in [4.69, 9.17) is 0 Å². The van der Waals surface area contributed by atoms with Crippen molar-refractivity contribution in [1.82, 2.24) is 0 Å². The van der Waals surface area contributed by atoms with E-state index in [0.717, 1.165) is 45.0 Å². The molecule has 0 N–H and O–H groups in total. The molecule has 0 amide bonds. The first-order valence-electron chi connectivity index (χ1n) is 22.9. The van der Waals surface area contributed by atoms with Gasteiger partial charge in [0.1, 0.15) is 0 Å². The average molecular weight is 853 g/mol. The minimum atomic E-state index is 1.12. The molecule has 0 saturated heterocycles. The standard InChI is InChI=1S/C64H56N2/c1-45-17-31-57(32-18-45)65(63-39-21-47(3)41-49(63)5)59-35-23-51(24-36-59)43-61(53-13-9-7-10-14-53)55-27-29-56(30-28-55)62(54-15-11-8-12-16-54)44-52-25-37-60(38-26-52)66(58-33-19-46(2)20-34-58)64-40-22-48(4)42-50(64)6/h7-44H,1-6H3. The third-order valence-corrected chi connectivity index (χ3v) is 12.4. The van der Waals surface area contributed by atoms with Crippen LogP contribution in [0, 0.1) is 41.5 Å². The Labute approximate surface area is 392 Å². The Balaban J connectivity index is 1.05. The molecule has 0 unspecified atom stereocenters. The summed E-state index contributed by atoms with van der Waals surface area (Å²) >= 11 is 0. The van der Waals surface area contributed by atoms with Gasteiger partial charge < -0.3 is 9.80 Å². The lowest BCUT2D eigenvalue weighted by Crippen LogP contribution is -2.11. The van der Waals surface area contributed by atoms with Gasteiger partial charge in [-0.15, -0.1) is 0 Å².